The predicted molar refractivity (Wildman–Crippen MR) is 151 cm³/mol. The number of esters is 3. The van der Waals surface area contributed by atoms with E-state index < -0.39 is 22.2 Å². The molecule has 1 aliphatic heterocycles. The number of fused-ring (bicyclic) bond motifs is 2. The van der Waals surface area contributed by atoms with Crippen molar-refractivity contribution in [2.75, 3.05) is 7.11 Å². The maximum absolute atomic E-state index is 13.9. The van der Waals surface area contributed by atoms with E-state index in [1.807, 2.05) is 0 Å². The summed E-state index contributed by atoms with van der Waals surface area (Å²) in [5.74, 6) is 0.679. The molecule has 6 rings (SSSR count). The lowest BCUT2D eigenvalue weighted by molar-refractivity contribution is -0.168. The molecule has 6 aliphatic rings. The predicted octanol–water partition coefficient (Wildman–Crippen LogP) is 6.64. The van der Waals surface area contributed by atoms with E-state index in [1.165, 1.54) is 44.4 Å². The van der Waals surface area contributed by atoms with Crippen molar-refractivity contribution in [2.24, 2.45) is 39.4 Å². The van der Waals surface area contributed by atoms with Crippen LogP contribution in [-0.2, 0) is 28.6 Å². The van der Waals surface area contributed by atoms with Crippen LogP contribution in [0.2, 0.25) is 0 Å². The van der Waals surface area contributed by atoms with Crippen molar-refractivity contribution < 1.29 is 28.6 Å². The van der Waals surface area contributed by atoms with Crippen molar-refractivity contribution in [3.05, 3.63) is 34.4 Å². The van der Waals surface area contributed by atoms with Gasteiger partial charge in [0.2, 0.25) is 0 Å². The fourth-order valence-corrected chi connectivity index (χ4v) is 10.7. The molecule has 0 aromatic rings. The lowest BCUT2D eigenvalue weighted by Crippen LogP contribution is -2.61. The van der Waals surface area contributed by atoms with Gasteiger partial charge >= 0.3 is 17.9 Å². The quantitative estimate of drug-likeness (QED) is 0.261. The fraction of sp³-hybridized carbons (Fsp3) is 0.735. The van der Waals surface area contributed by atoms with Crippen LogP contribution in [0.25, 0.3) is 0 Å². The highest BCUT2D eigenvalue weighted by molar-refractivity contribution is 6.07. The number of ether oxygens (including phenoxy) is 3. The number of carbonyl (C=O) groups is 3. The van der Waals surface area contributed by atoms with Crippen molar-refractivity contribution in [2.45, 2.75) is 112 Å². The zero-order valence-electron chi connectivity index (χ0n) is 25.4. The molecule has 0 radical (unpaired) electrons. The molecule has 6 heteroatoms. The molecule has 0 amide bonds. The summed E-state index contributed by atoms with van der Waals surface area (Å²) < 4.78 is 17.5. The molecular weight excluding hydrogens is 504 g/mol. The number of hydrogen-bond donors (Lipinski definition) is 0. The maximum Gasteiger partial charge on any atom is 0.335 e. The maximum atomic E-state index is 13.9. The van der Waals surface area contributed by atoms with E-state index in [0.29, 0.717) is 48.2 Å². The molecule has 40 heavy (non-hydrogen) atoms. The van der Waals surface area contributed by atoms with E-state index in [9.17, 15) is 14.4 Å². The summed E-state index contributed by atoms with van der Waals surface area (Å²) >= 11 is 0. The minimum atomic E-state index is -0.672. The number of rotatable bonds is 7. The molecular formula is C34H46O6. The average Bonchev–Trinajstić information content (AvgIpc) is 3.39. The second kappa shape index (κ2) is 9.06. The zero-order valence-corrected chi connectivity index (χ0v) is 25.4. The van der Waals surface area contributed by atoms with Crippen molar-refractivity contribution in [1.82, 2.24) is 0 Å². The normalized spacial score (nSPS) is 41.5. The molecule has 2 bridgehead atoms. The molecule has 8 atom stereocenters. The third kappa shape index (κ3) is 3.25. The van der Waals surface area contributed by atoms with Gasteiger partial charge in [-0.15, -0.1) is 0 Å². The largest absolute Gasteiger partial charge is 0.466 e. The van der Waals surface area contributed by atoms with Gasteiger partial charge in [0.15, 0.2) is 0 Å². The summed E-state index contributed by atoms with van der Waals surface area (Å²) in [5, 5.41) is 0. The van der Waals surface area contributed by atoms with Crippen LogP contribution in [0.4, 0.5) is 0 Å². The Morgan fingerprint density at radius 2 is 1.85 bits per heavy atom. The Morgan fingerprint density at radius 3 is 2.52 bits per heavy atom. The van der Waals surface area contributed by atoms with E-state index in [0.717, 1.165) is 19.3 Å². The third-order valence-electron chi connectivity index (χ3n) is 12.4. The van der Waals surface area contributed by atoms with Crippen molar-refractivity contribution in [1.29, 1.82) is 0 Å². The van der Waals surface area contributed by atoms with Crippen LogP contribution in [0, 0.1) is 39.4 Å². The van der Waals surface area contributed by atoms with Crippen LogP contribution in [0.5, 0.6) is 0 Å². The molecule has 218 valence electrons. The second-order valence-corrected chi connectivity index (χ2v) is 14.5. The van der Waals surface area contributed by atoms with E-state index in [4.69, 9.17) is 14.2 Å². The molecule has 1 heterocycles. The van der Waals surface area contributed by atoms with Crippen molar-refractivity contribution >= 4 is 17.9 Å². The molecule has 1 saturated heterocycles. The number of allylic oxidation sites excluding steroid dienone is 3. The zero-order chi connectivity index (χ0) is 28.8. The van der Waals surface area contributed by atoms with Gasteiger partial charge in [0.25, 0.3) is 0 Å². The Bertz CT molecular complexity index is 1250. The number of carbonyl (C=O) groups excluding carboxylic acids is 3. The number of hydrogen-bond acceptors (Lipinski definition) is 6. The van der Waals surface area contributed by atoms with Crippen LogP contribution in [-0.4, -0.2) is 37.2 Å². The van der Waals surface area contributed by atoms with Gasteiger partial charge in [-0.05, 0) is 78.3 Å². The van der Waals surface area contributed by atoms with Gasteiger partial charge in [0.1, 0.15) is 12.2 Å². The van der Waals surface area contributed by atoms with Gasteiger partial charge in [-0.1, -0.05) is 66.0 Å². The Hall–Kier alpha value is -2.37. The fourth-order valence-electron chi connectivity index (χ4n) is 10.7. The van der Waals surface area contributed by atoms with Crippen molar-refractivity contribution in [3.8, 4) is 0 Å². The van der Waals surface area contributed by atoms with E-state index in [1.54, 1.807) is 0 Å². The summed E-state index contributed by atoms with van der Waals surface area (Å²) in [5.41, 5.74) is 1.83. The molecule has 0 aromatic heterocycles. The Balaban J connectivity index is 1.47. The molecule has 2 saturated carbocycles. The van der Waals surface area contributed by atoms with Crippen LogP contribution in [0.15, 0.2) is 34.4 Å². The van der Waals surface area contributed by atoms with Gasteiger partial charge in [-0.25, -0.2) is 9.59 Å². The first kappa shape index (κ1) is 27.8. The summed E-state index contributed by atoms with van der Waals surface area (Å²) in [6.45, 7) is 13.1. The molecule has 1 spiro atoms. The highest BCUT2D eigenvalue weighted by Crippen LogP contribution is 2.83. The molecule has 6 nitrogen and oxygen atoms in total. The van der Waals surface area contributed by atoms with Crippen LogP contribution in [0.1, 0.15) is 99.3 Å². The summed E-state index contributed by atoms with van der Waals surface area (Å²) in [7, 11) is 1.39. The standard InChI is InChI=1S/C34H46O6/c1-19(2)9-8-10-20(3)23-11-12-24-25-14-16-33-17-22(39-21(4)35)13-15-32(33,6)34(25)26(18-31(23,24)5)40-30(37)28(34)27(33)29(36)38-7/h12,14,19-20,22-23,26H,8-11,13,15-18H2,1-7H3/t20-,22+,23-,26-,31-,32+,33-,34-/m1/s1. The van der Waals surface area contributed by atoms with Gasteiger partial charge in [0.05, 0.1) is 23.7 Å². The minimum Gasteiger partial charge on any atom is -0.466 e. The molecule has 0 N–H and O–H groups in total. The second-order valence-electron chi connectivity index (χ2n) is 14.5. The summed E-state index contributed by atoms with van der Waals surface area (Å²) in [4.78, 5) is 39.5. The first-order valence-electron chi connectivity index (χ1n) is 15.5. The smallest absolute Gasteiger partial charge is 0.335 e. The Labute approximate surface area is 239 Å². The highest BCUT2D eigenvalue weighted by atomic mass is 16.6. The topological polar surface area (TPSA) is 78.9 Å². The summed E-state index contributed by atoms with van der Waals surface area (Å²) in [6.07, 6.45) is 12.3. The van der Waals surface area contributed by atoms with Crippen LogP contribution >= 0.6 is 0 Å². The van der Waals surface area contributed by atoms with Gasteiger partial charge < -0.3 is 14.2 Å². The number of methoxy groups -OCH3 is 1. The lowest BCUT2D eigenvalue weighted by Gasteiger charge is -2.64. The van der Waals surface area contributed by atoms with Gasteiger partial charge in [-0.2, -0.15) is 0 Å². The Morgan fingerprint density at radius 1 is 1.10 bits per heavy atom. The third-order valence-corrected chi connectivity index (χ3v) is 12.4. The minimum absolute atomic E-state index is 0.0753. The molecule has 0 unspecified atom stereocenters. The Kier molecular flexibility index (Phi) is 6.30. The van der Waals surface area contributed by atoms with Gasteiger partial charge in [0, 0.05) is 12.3 Å². The van der Waals surface area contributed by atoms with Crippen LogP contribution < -0.4 is 0 Å². The lowest BCUT2D eigenvalue weighted by atomic mass is 9.39. The molecule has 5 aliphatic carbocycles. The monoisotopic (exact) mass is 550 g/mol. The molecule has 0 aromatic carbocycles. The first-order chi connectivity index (χ1) is 18.9. The van der Waals surface area contributed by atoms with E-state index in [-0.39, 0.29) is 29.6 Å². The SMILES string of the molecule is COC(=O)C1=C2C(=O)O[C@@H]3C[C@@]4(C)C(=CC[C@@H]4[C@H](C)CCCC(C)C)C4=CC[C@@]15C[C@@H](OC(C)=O)CC[C@]5(C)[C@@]423. The van der Waals surface area contributed by atoms with E-state index >= 15 is 0 Å². The average molecular weight is 551 g/mol. The van der Waals surface area contributed by atoms with Crippen molar-refractivity contribution in [3.63, 3.8) is 0 Å². The molecule has 3 fully saturated rings. The van der Waals surface area contributed by atoms with Crippen LogP contribution in [0.3, 0.4) is 0 Å². The first-order valence-corrected chi connectivity index (χ1v) is 15.5. The highest BCUT2D eigenvalue weighted by Gasteiger charge is 2.82. The van der Waals surface area contributed by atoms with Gasteiger partial charge in [-0.3, -0.25) is 4.79 Å². The summed E-state index contributed by atoms with van der Waals surface area (Å²) in [6, 6.07) is 0. The van der Waals surface area contributed by atoms with E-state index in [2.05, 4.69) is 46.8 Å².